The summed E-state index contributed by atoms with van der Waals surface area (Å²) in [7, 11) is -2.48. The average Bonchev–Trinajstić information content (AvgIpc) is 2.79. The molecule has 2 aromatic rings. The number of nitrogens with zero attached hydrogens (tertiary/aromatic N) is 2. The zero-order chi connectivity index (χ0) is 26.2. The summed E-state index contributed by atoms with van der Waals surface area (Å²) in [6, 6.07) is 13.3. The molecule has 0 aliphatic carbocycles. The smallest absolute Gasteiger partial charge is 0.244 e. The third-order valence-electron chi connectivity index (χ3n) is 5.39. The van der Waals surface area contributed by atoms with Crippen LogP contribution in [0.3, 0.4) is 0 Å². The van der Waals surface area contributed by atoms with Crippen molar-refractivity contribution in [1.82, 2.24) is 10.2 Å². The van der Waals surface area contributed by atoms with E-state index in [-0.39, 0.29) is 29.9 Å². The Bertz CT molecular complexity index is 1110. The van der Waals surface area contributed by atoms with Gasteiger partial charge in [-0.1, -0.05) is 48.9 Å². The Labute approximate surface area is 213 Å². The molecule has 0 aromatic heterocycles. The highest BCUT2D eigenvalue weighted by Gasteiger charge is 2.32. The van der Waals surface area contributed by atoms with Crippen LogP contribution in [0.25, 0.3) is 0 Å². The highest BCUT2D eigenvalue weighted by molar-refractivity contribution is 7.92. The van der Waals surface area contributed by atoms with Crippen LogP contribution in [0.15, 0.2) is 48.5 Å². The Kier molecular flexibility index (Phi) is 10.4. The van der Waals surface area contributed by atoms with Crippen molar-refractivity contribution in [2.24, 2.45) is 0 Å². The van der Waals surface area contributed by atoms with Crippen molar-refractivity contribution in [3.8, 4) is 5.75 Å². The van der Waals surface area contributed by atoms with E-state index < -0.39 is 28.5 Å². The van der Waals surface area contributed by atoms with Crippen molar-refractivity contribution in [2.45, 2.75) is 45.7 Å². The maximum absolute atomic E-state index is 13.6. The summed E-state index contributed by atoms with van der Waals surface area (Å²) < 4.78 is 31.8. The standard InChI is InChI=1S/C25H34ClN3O5S/c1-6-21(25(31)27-18(2)3)28(15-14-19-10-8-7-9-11-19)24(30)17-29(35(5,32)33)22-16-20(26)12-13-23(22)34-4/h7-13,16,18,21H,6,14-15,17H2,1-5H3,(H,27,31)/t21-/m0/s1. The third kappa shape index (κ3) is 8.14. The lowest BCUT2D eigenvalue weighted by Crippen LogP contribution is -2.54. The summed E-state index contributed by atoms with van der Waals surface area (Å²) >= 11 is 6.12. The molecular formula is C25H34ClN3O5S. The number of methoxy groups -OCH3 is 1. The minimum absolute atomic E-state index is 0.106. The van der Waals surface area contributed by atoms with Crippen LogP contribution in [0.1, 0.15) is 32.8 Å². The number of rotatable bonds is 12. The van der Waals surface area contributed by atoms with Gasteiger partial charge in [-0.25, -0.2) is 8.42 Å². The van der Waals surface area contributed by atoms with Gasteiger partial charge in [-0.2, -0.15) is 0 Å². The minimum Gasteiger partial charge on any atom is -0.495 e. The van der Waals surface area contributed by atoms with Crippen molar-refractivity contribution in [3.05, 3.63) is 59.1 Å². The van der Waals surface area contributed by atoms with Crippen LogP contribution in [0.2, 0.25) is 5.02 Å². The molecule has 0 heterocycles. The van der Waals surface area contributed by atoms with Gasteiger partial charge in [0.2, 0.25) is 21.8 Å². The number of nitrogens with one attached hydrogen (secondary N) is 1. The maximum Gasteiger partial charge on any atom is 0.244 e. The molecule has 35 heavy (non-hydrogen) atoms. The largest absolute Gasteiger partial charge is 0.495 e. The highest BCUT2D eigenvalue weighted by atomic mass is 35.5. The first kappa shape index (κ1) is 28.5. The first-order valence-electron chi connectivity index (χ1n) is 11.4. The zero-order valence-electron chi connectivity index (χ0n) is 20.8. The molecule has 192 valence electrons. The van der Waals surface area contributed by atoms with Crippen LogP contribution >= 0.6 is 11.6 Å². The second-order valence-corrected chi connectivity index (χ2v) is 10.8. The number of benzene rings is 2. The summed E-state index contributed by atoms with van der Waals surface area (Å²) in [5, 5.41) is 3.16. The number of carbonyl (C=O) groups excluding carboxylic acids is 2. The second-order valence-electron chi connectivity index (χ2n) is 8.50. The quantitative estimate of drug-likeness (QED) is 0.459. The average molecular weight is 524 g/mol. The molecule has 2 aromatic carbocycles. The molecule has 0 unspecified atom stereocenters. The predicted octanol–water partition coefficient (Wildman–Crippen LogP) is 3.49. The first-order chi connectivity index (χ1) is 16.5. The van der Waals surface area contributed by atoms with E-state index in [9.17, 15) is 18.0 Å². The molecule has 0 aliphatic heterocycles. The molecule has 0 radical (unpaired) electrons. The van der Waals surface area contributed by atoms with E-state index >= 15 is 0 Å². The normalized spacial score (nSPS) is 12.2. The van der Waals surface area contributed by atoms with Gasteiger partial charge in [0.1, 0.15) is 18.3 Å². The fraction of sp³-hybridized carbons (Fsp3) is 0.440. The van der Waals surface area contributed by atoms with Gasteiger partial charge in [0.15, 0.2) is 0 Å². The van der Waals surface area contributed by atoms with Crippen molar-refractivity contribution in [1.29, 1.82) is 0 Å². The Balaban J connectivity index is 2.43. The zero-order valence-corrected chi connectivity index (χ0v) is 22.4. The summed E-state index contributed by atoms with van der Waals surface area (Å²) in [5.74, 6) is -0.526. The lowest BCUT2D eigenvalue weighted by atomic mass is 10.1. The van der Waals surface area contributed by atoms with Crippen LogP contribution in [-0.4, -0.2) is 63.7 Å². The van der Waals surface area contributed by atoms with Gasteiger partial charge in [0.05, 0.1) is 19.1 Å². The van der Waals surface area contributed by atoms with Crippen molar-refractivity contribution in [3.63, 3.8) is 0 Å². The predicted molar refractivity (Wildman–Crippen MR) is 139 cm³/mol. The van der Waals surface area contributed by atoms with Crippen LogP contribution in [0, 0.1) is 0 Å². The van der Waals surface area contributed by atoms with Gasteiger partial charge >= 0.3 is 0 Å². The molecule has 1 N–H and O–H groups in total. The number of hydrogen-bond acceptors (Lipinski definition) is 5. The van der Waals surface area contributed by atoms with Crippen molar-refractivity contribution in [2.75, 3.05) is 30.8 Å². The van der Waals surface area contributed by atoms with E-state index in [4.69, 9.17) is 16.3 Å². The van der Waals surface area contributed by atoms with Gasteiger partial charge in [-0.05, 0) is 50.5 Å². The maximum atomic E-state index is 13.6. The van der Waals surface area contributed by atoms with Crippen LogP contribution in [0.4, 0.5) is 5.69 Å². The lowest BCUT2D eigenvalue weighted by molar-refractivity contribution is -0.139. The number of carbonyl (C=O) groups is 2. The molecule has 2 rings (SSSR count). The van der Waals surface area contributed by atoms with Gasteiger partial charge in [0.25, 0.3) is 0 Å². The number of halogens is 1. The lowest BCUT2D eigenvalue weighted by Gasteiger charge is -2.33. The Hall–Kier alpha value is -2.78. The monoisotopic (exact) mass is 523 g/mol. The molecule has 10 heteroatoms. The molecule has 0 saturated heterocycles. The Morgan fingerprint density at radius 1 is 1.11 bits per heavy atom. The number of amides is 2. The molecule has 0 spiro atoms. The molecule has 0 aliphatic rings. The second kappa shape index (κ2) is 12.8. The minimum atomic E-state index is -3.89. The molecule has 0 fully saturated rings. The molecule has 0 bridgehead atoms. The van der Waals surface area contributed by atoms with E-state index in [1.54, 1.807) is 12.1 Å². The van der Waals surface area contributed by atoms with Gasteiger partial charge in [-0.3, -0.25) is 13.9 Å². The van der Waals surface area contributed by atoms with E-state index in [0.717, 1.165) is 16.1 Å². The summed E-state index contributed by atoms with van der Waals surface area (Å²) in [6.07, 6.45) is 1.90. The van der Waals surface area contributed by atoms with E-state index in [1.807, 2.05) is 51.1 Å². The highest BCUT2D eigenvalue weighted by Crippen LogP contribution is 2.33. The number of ether oxygens (including phenoxy) is 1. The number of sulfonamides is 1. The van der Waals surface area contributed by atoms with Crippen LogP contribution in [0.5, 0.6) is 5.75 Å². The van der Waals surface area contributed by atoms with E-state index in [2.05, 4.69) is 5.32 Å². The summed E-state index contributed by atoms with van der Waals surface area (Å²) in [5.41, 5.74) is 1.15. The van der Waals surface area contributed by atoms with Crippen LogP contribution < -0.4 is 14.4 Å². The fourth-order valence-electron chi connectivity index (χ4n) is 3.73. The molecule has 2 amide bonds. The topological polar surface area (TPSA) is 96.0 Å². The Morgan fingerprint density at radius 2 is 1.77 bits per heavy atom. The third-order valence-corrected chi connectivity index (χ3v) is 6.75. The molecule has 8 nitrogen and oxygen atoms in total. The molecule has 1 atom stereocenters. The van der Waals surface area contributed by atoms with E-state index in [0.29, 0.717) is 17.9 Å². The molecular weight excluding hydrogens is 490 g/mol. The van der Waals surface area contributed by atoms with Gasteiger partial charge in [0, 0.05) is 17.6 Å². The van der Waals surface area contributed by atoms with Gasteiger partial charge < -0.3 is 15.0 Å². The first-order valence-corrected chi connectivity index (χ1v) is 13.7. The summed E-state index contributed by atoms with van der Waals surface area (Å²) in [6.45, 7) is 5.25. The van der Waals surface area contributed by atoms with Gasteiger partial charge in [-0.15, -0.1) is 0 Å². The molecule has 0 saturated carbocycles. The van der Waals surface area contributed by atoms with Crippen LogP contribution in [-0.2, 0) is 26.0 Å². The number of anilines is 1. The summed E-state index contributed by atoms with van der Waals surface area (Å²) in [4.78, 5) is 28.1. The fourth-order valence-corrected chi connectivity index (χ4v) is 4.74. The number of hydrogen-bond donors (Lipinski definition) is 1. The van der Waals surface area contributed by atoms with Crippen molar-refractivity contribution < 1.29 is 22.7 Å². The van der Waals surface area contributed by atoms with Crippen molar-refractivity contribution >= 4 is 39.1 Å². The Morgan fingerprint density at radius 3 is 2.31 bits per heavy atom. The van der Waals surface area contributed by atoms with E-state index in [1.165, 1.54) is 18.1 Å². The SMILES string of the molecule is CC[C@@H](C(=O)NC(C)C)N(CCc1ccccc1)C(=O)CN(c1cc(Cl)ccc1OC)S(C)(=O)=O.